The summed E-state index contributed by atoms with van der Waals surface area (Å²) in [5.74, 6) is -4.36. The molecule has 0 radical (unpaired) electrons. The van der Waals surface area contributed by atoms with Gasteiger partial charge in [-0.15, -0.1) is 0 Å². The zero-order chi connectivity index (χ0) is 24.9. The minimum absolute atomic E-state index is 0.00356. The summed E-state index contributed by atoms with van der Waals surface area (Å²) in [4.78, 5) is 50.8. The second kappa shape index (κ2) is 10.6. The Morgan fingerprint density at radius 2 is 1.52 bits per heavy atom. The van der Waals surface area contributed by atoms with Crippen LogP contribution in [0.4, 0.5) is 13.2 Å². The number of halogens is 3. The van der Waals surface area contributed by atoms with E-state index in [1.807, 2.05) is 36.1 Å². The molecule has 0 bridgehead atoms. The Kier molecular flexibility index (Phi) is 8.42. The van der Waals surface area contributed by atoms with Crippen LogP contribution in [-0.2, 0) is 14.4 Å². The van der Waals surface area contributed by atoms with Crippen molar-refractivity contribution in [1.82, 2.24) is 14.7 Å². The van der Waals surface area contributed by atoms with Crippen molar-refractivity contribution in [3.8, 4) is 0 Å². The number of hydrogen-bond acceptors (Lipinski definition) is 5. The van der Waals surface area contributed by atoms with E-state index in [4.69, 9.17) is 9.90 Å². The number of carbonyl (C=O) groups is 4. The van der Waals surface area contributed by atoms with E-state index in [1.54, 1.807) is 4.90 Å². The lowest BCUT2D eigenvalue weighted by molar-refractivity contribution is -0.192. The Labute approximate surface area is 188 Å². The predicted molar refractivity (Wildman–Crippen MR) is 110 cm³/mol. The van der Waals surface area contributed by atoms with Crippen LogP contribution in [0.2, 0.25) is 0 Å². The molecule has 1 aromatic rings. The van der Waals surface area contributed by atoms with E-state index >= 15 is 0 Å². The molecule has 0 aliphatic carbocycles. The van der Waals surface area contributed by atoms with Gasteiger partial charge in [0.15, 0.2) is 0 Å². The zero-order valence-corrected chi connectivity index (χ0v) is 18.2. The third-order valence-electron chi connectivity index (χ3n) is 5.63. The van der Waals surface area contributed by atoms with Crippen molar-refractivity contribution in [2.75, 3.05) is 39.3 Å². The molecule has 2 saturated heterocycles. The molecule has 12 heteroatoms. The smallest absolute Gasteiger partial charge is 0.481 e. The molecule has 182 valence electrons. The van der Waals surface area contributed by atoms with E-state index in [0.717, 1.165) is 5.56 Å². The molecule has 33 heavy (non-hydrogen) atoms. The predicted octanol–water partition coefficient (Wildman–Crippen LogP) is 1.32. The van der Waals surface area contributed by atoms with Crippen molar-refractivity contribution in [2.45, 2.75) is 26.1 Å². The zero-order valence-electron chi connectivity index (χ0n) is 18.2. The first-order chi connectivity index (χ1) is 15.3. The molecule has 2 amide bonds. The number of aliphatic carboxylic acids is 2. The number of rotatable bonds is 2. The third-order valence-corrected chi connectivity index (χ3v) is 5.63. The van der Waals surface area contributed by atoms with Crippen LogP contribution < -0.4 is 0 Å². The van der Waals surface area contributed by atoms with Crippen molar-refractivity contribution in [1.29, 1.82) is 0 Å². The number of nitrogens with zero attached hydrogens (tertiary/aromatic N) is 3. The molecule has 2 fully saturated rings. The van der Waals surface area contributed by atoms with Crippen molar-refractivity contribution in [3.63, 3.8) is 0 Å². The number of carboxylic acids is 2. The average Bonchev–Trinajstić information content (AvgIpc) is 2.93. The first-order valence-electron chi connectivity index (χ1n) is 10.2. The van der Waals surface area contributed by atoms with E-state index in [0.29, 0.717) is 38.3 Å². The molecule has 3 rings (SSSR count). The van der Waals surface area contributed by atoms with Crippen LogP contribution in [0, 0.1) is 12.8 Å². The van der Waals surface area contributed by atoms with Gasteiger partial charge in [0.1, 0.15) is 0 Å². The maximum absolute atomic E-state index is 12.9. The first-order valence-corrected chi connectivity index (χ1v) is 10.2. The molecule has 2 heterocycles. The van der Waals surface area contributed by atoms with E-state index < -0.39 is 24.0 Å². The third kappa shape index (κ3) is 6.91. The van der Waals surface area contributed by atoms with Gasteiger partial charge in [0, 0.05) is 57.8 Å². The van der Waals surface area contributed by atoms with Gasteiger partial charge >= 0.3 is 18.1 Å². The highest BCUT2D eigenvalue weighted by molar-refractivity contribution is 5.95. The van der Waals surface area contributed by atoms with Gasteiger partial charge in [-0.05, 0) is 18.6 Å². The van der Waals surface area contributed by atoms with Crippen LogP contribution in [0.25, 0.3) is 0 Å². The molecule has 0 saturated carbocycles. The number of amides is 2. The van der Waals surface area contributed by atoms with Gasteiger partial charge in [-0.3, -0.25) is 19.3 Å². The van der Waals surface area contributed by atoms with Gasteiger partial charge in [-0.25, -0.2) is 4.79 Å². The van der Waals surface area contributed by atoms with E-state index in [-0.39, 0.29) is 24.4 Å². The summed E-state index contributed by atoms with van der Waals surface area (Å²) in [6.45, 7) is 6.17. The second-order valence-electron chi connectivity index (χ2n) is 7.98. The van der Waals surface area contributed by atoms with Crippen LogP contribution in [-0.4, -0.2) is 100 Å². The Morgan fingerprint density at radius 3 is 2.03 bits per heavy atom. The maximum Gasteiger partial charge on any atom is 0.490 e. The van der Waals surface area contributed by atoms with E-state index in [2.05, 4.69) is 4.90 Å². The summed E-state index contributed by atoms with van der Waals surface area (Å²) in [7, 11) is 0. The van der Waals surface area contributed by atoms with Gasteiger partial charge < -0.3 is 20.0 Å². The standard InChI is InChI=1S/C19H25N3O4.C2HF3O2/c1-13-5-3-4-6-17(13)18(24)21-8-7-20-9-15(19(25)26)10-22(14(2)23)12-16(20)11-21;3-2(4,5)1(6)7/h3-6,15-16H,7-12H2,1-2H3,(H,25,26);(H,6,7). The number of aryl methyl sites for hydroxylation is 1. The normalized spacial score (nSPS) is 21.2. The molecule has 9 nitrogen and oxygen atoms in total. The summed E-state index contributed by atoms with van der Waals surface area (Å²) < 4.78 is 31.7. The molecule has 2 atom stereocenters. The monoisotopic (exact) mass is 473 g/mol. The fourth-order valence-corrected chi connectivity index (χ4v) is 3.82. The topological polar surface area (TPSA) is 118 Å². The summed E-state index contributed by atoms with van der Waals surface area (Å²) in [6, 6.07) is 7.48. The van der Waals surface area contributed by atoms with Crippen LogP contribution in [0.15, 0.2) is 24.3 Å². The number of fused-ring (bicyclic) bond motifs is 1. The van der Waals surface area contributed by atoms with Gasteiger partial charge in [-0.2, -0.15) is 13.2 Å². The van der Waals surface area contributed by atoms with Gasteiger partial charge in [-0.1, -0.05) is 18.2 Å². The highest BCUT2D eigenvalue weighted by atomic mass is 19.4. The molecule has 0 spiro atoms. The molecular formula is C21H26F3N3O6. The van der Waals surface area contributed by atoms with Crippen molar-refractivity contribution in [3.05, 3.63) is 35.4 Å². The van der Waals surface area contributed by atoms with E-state index in [9.17, 15) is 32.7 Å². The van der Waals surface area contributed by atoms with Crippen molar-refractivity contribution in [2.24, 2.45) is 5.92 Å². The van der Waals surface area contributed by atoms with Crippen LogP contribution in [0.1, 0.15) is 22.8 Å². The summed E-state index contributed by atoms with van der Waals surface area (Å²) in [6.07, 6.45) is -5.08. The molecule has 2 aliphatic rings. The van der Waals surface area contributed by atoms with Gasteiger partial charge in [0.05, 0.1) is 5.92 Å². The number of benzene rings is 1. The lowest BCUT2D eigenvalue weighted by Gasteiger charge is -2.41. The lowest BCUT2D eigenvalue weighted by Crippen LogP contribution is -2.57. The lowest BCUT2D eigenvalue weighted by atomic mass is 10.1. The highest BCUT2D eigenvalue weighted by Crippen LogP contribution is 2.21. The average molecular weight is 473 g/mol. The Balaban J connectivity index is 0.000000479. The number of carboxylic acid groups (broad SMARTS) is 2. The minimum Gasteiger partial charge on any atom is -0.481 e. The molecule has 2 aliphatic heterocycles. The maximum atomic E-state index is 12.9. The highest BCUT2D eigenvalue weighted by Gasteiger charge is 2.39. The fraction of sp³-hybridized carbons (Fsp3) is 0.524. The number of piperazine rings is 1. The quantitative estimate of drug-likeness (QED) is 0.665. The van der Waals surface area contributed by atoms with E-state index in [1.165, 1.54) is 6.92 Å². The van der Waals surface area contributed by atoms with Crippen molar-refractivity contribution >= 4 is 23.8 Å². The minimum atomic E-state index is -5.08. The Morgan fingerprint density at radius 1 is 0.939 bits per heavy atom. The molecule has 2 N–H and O–H groups in total. The molecule has 0 aromatic heterocycles. The Hall–Kier alpha value is -3.15. The summed E-state index contributed by atoms with van der Waals surface area (Å²) in [5, 5.41) is 16.6. The van der Waals surface area contributed by atoms with Crippen molar-refractivity contribution < 1.29 is 42.6 Å². The van der Waals surface area contributed by atoms with Gasteiger partial charge in [0.2, 0.25) is 5.91 Å². The summed E-state index contributed by atoms with van der Waals surface area (Å²) in [5.41, 5.74) is 1.64. The Bertz CT molecular complexity index is 907. The number of alkyl halides is 3. The van der Waals surface area contributed by atoms with Crippen LogP contribution >= 0.6 is 0 Å². The van der Waals surface area contributed by atoms with Crippen LogP contribution in [0.5, 0.6) is 0 Å². The summed E-state index contributed by atoms with van der Waals surface area (Å²) >= 11 is 0. The SMILES string of the molecule is CC(=O)N1CC(C(=O)O)CN2CCN(C(=O)c3ccccc3C)CC2C1.O=C(O)C(F)(F)F. The fourth-order valence-electron chi connectivity index (χ4n) is 3.82. The second-order valence-corrected chi connectivity index (χ2v) is 7.98. The largest absolute Gasteiger partial charge is 0.490 e. The molecular weight excluding hydrogens is 447 g/mol. The molecule has 2 unspecified atom stereocenters. The first kappa shape index (κ1) is 26.1. The molecule has 1 aromatic carbocycles. The number of carbonyl (C=O) groups excluding carboxylic acids is 2. The van der Waals surface area contributed by atoms with Gasteiger partial charge in [0.25, 0.3) is 5.91 Å². The van der Waals surface area contributed by atoms with Crippen LogP contribution in [0.3, 0.4) is 0 Å². The number of hydrogen-bond donors (Lipinski definition) is 2.